The minimum Gasteiger partial charge on any atom is -0.492 e. The molecule has 4 saturated carbocycles. The number of aliphatic carboxylic acids is 1. The molecule has 10 atom stereocenters. The van der Waals surface area contributed by atoms with E-state index in [2.05, 4.69) is 180 Å². The first kappa shape index (κ1) is 63.7. The van der Waals surface area contributed by atoms with Crippen molar-refractivity contribution in [2.45, 2.75) is 124 Å². The Balaban J connectivity index is 0.732. The van der Waals surface area contributed by atoms with E-state index in [1.54, 1.807) is 0 Å². The zero-order valence-electron chi connectivity index (χ0n) is 53.2. The van der Waals surface area contributed by atoms with Crippen molar-refractivity contribution in [3.8, 4) is 11.5 Å². The molecule has 464 valence electrons. The lowest BCUT2D eigenvalue weighted by Crippen LogP contribution is -2.60. The maximum absolute atomic E-state index is 14.3. The molecule has 4 aliphatic carbocycles. The van der Waals surface area contributed by atoms with Crippen LogP contribution in [0.1, 0.15) is 145 Å². The molecule has 4 fully saturated rings. The van der Waals surface area contributed by atoms with Crippen molar-refractivity contribution >= 4 is 40.2 Å². The van der Waals surface area contributed by atoms with Crippen LogP contribution >= 0.6 is 0 Å². The lowest BCUT2D eigenvalue weighted by atomic mass is 9.43. The molecule has 0 saturated heterocycles. The molecule has 6 aromatic carbocycles. The van der Waals surface area contributed by atoms with Crippen LogP contribution < -0.4 is 9.47 Å². The number of rotatable bonds is 26. The van der Waals surface area contributed by atoms with Gasteiger partial charge in [-0.25, -0.2) is 0 Å². The first-order valence-corrected chi connectivity index (χ1v) is 32.8. The molecule has 0 heterocycles. The van der Waals surface area contributed by atoms with Crippen molar-refractivity contribution in [2.75, 3.05) is 53.5 Å². The van der Waals surface area contributed by atoms with Crippen molar-refractivity contribution in [1.29, 1.82) is 0 Å². The Morgan fingerprint density at radius 3 is 1.47 bits per heavy atom. The van der Waals surface area contributed by atoms with Crippen molar-refractivity contribution < 1.29 is 38.4 Å². The number of hydrogen-bond donors (Lipinski definition) is 1. The number of allylic oxidation sites excluding steroid dienone is 2. The van der Waals surface area contributed by atoms with Gasteiger partial charge in [-0.1, -0.05) is 180 Å². The Morgan fingerprint density at radius 1 is 0.545 bits per heavy atom. The number of ether oxygens (including phenoxy) is 4. The van der Waals surface area contributed by atoms with Crippen LogP contribution in [0.15, 0.2) is 170 Å². The van der Waals surface area contributed by atoms with Gasteiger partial charge in [0.05, 0.1) is 13.1 Å². The van der Waals surface area contributed by atoms with E-state index in [4.69, 9.17) is 18.9 Å². The van der Waals surface area contributed by atoms with Crippen LogP contribution in [-0.4, -0.2) is 98.5 Å². The highest BCUT2D eigenvalue weighted by molar-refractivity contribution is 5.99. The van der Waals surface area contributed by atoms with Crippen molar-refractivity contribution in [1.82, 2.24) is 9.80 Å². The Morgan fingerprint density at radius 2 is 1.00 bits per heavy atom. The standard InChI is InChI=1S/C78H94N2O8/c1-8-65(55-22-14-10-15-23-55)75(57-26-18-12-19-27-57)59-31-36-62(37-32-59)85-48-46-79(6)52-73(83)87-64-44-45-77(4)61(50-64)35-40-67-69-42-41-68(54(3)30-43-72(81)82)78(69,5)71(51-70(67)77)88-74(84)53-80(7)47-49-86-63-38-33-60(34-39-63)76(58-28-20-13-21-29-58)66(9-2)56-24-16-11-17-25-56/h10-29,31-34,36-39,54,61,64,67-71H,8-9,30,35,40-53H2,1-7H3,(H,81,82)/b75-65-,76-66-/t54-,61-,64-,67+,68-,69+,70+,71+,77+,78-/m1/s1. The van der Waals surface area contributed by atoms with Gasteiger partial charge in [0.1, 0.15) is 36.9 Å². The van der Waals surface area contributed by atoms with Gasteiger partial charge in [-0.05, 0) is 206 Å². The van der Waals surface area contributed by atoms with E-state index in [-0.39, 0.29) is 66.3 Å². The Bertz CT molecular complexity index is 3310. The van der Waals surface area contributed by atoms with Crippen LogP contribution in [0, 0.1) is 46.3 Å². The molecule has 4 aliphatic rings. The highest BCUT2D eigenvalue weighted by atomic mass is 16.6. The quantitative estimate of drug-likeness (QED) is 0.0416. The average molecular weight is 1190 g/mol. The van der Waals surface area contributed by atoms with Crippen LogP contribution in [0.4, 0.5) is 0 Å². The maximum atomic E-state index is 14.3. The summed E-state index contributed by atoms with van der Waals surface area (Å²) in [7, 11) is 3.90. The van der Waals surface area contributed by atoms with Gasteiger partial charge < -0.3 is 24.1 Å². The van der Waals surface area contributed by atoms with Crippen LogP contribution in [0.2, 0.25) is 0 Å². The third-order valence-corrected chi connectivity index (χ3v) is 21.1. The summed E-state index contributed by atoms with van der Waals surface area (Å²) in [6, 6.07) is 59.1. The van der Waals surface area contributed by atoms with Crippen molar-refractivity contribution in [2.24, 2.45) is 46.3 Å². The Hall–Kier alpha value is -7.27. The summed E-state index contributed by atoms with van der Waals surface area (Å²) < 4.78 is 25.7. The summed E-state index contributed by atoms with van der Waals surface area (Å²) in [4.78, 5) is 43.8. The molecule has 0 radical (unpaired) electrons. The van der Waals surface area contributed by atoms with E-state index in [1.807, 2.05) is 48.2 Å². The molecular formula is C78H94N2O8. The van der Waals surface area contributed by atoms with Gasteiger partial charge in [-0.15, -0.1) is 0 Å². The first-order valence-electron chi connectivity index (χ1n) is 32.8. The van der Waals surface area contributed by atoms with Gasteiger partial charge in [0, 0.05) is 24.9 Å². The SMILES string of the molecule is CC/C(=C(\c1ccccc1)c1ccc(OCCN(C)CC(=O)O[C@@H]2CC[C@@]3(C)[C@H](CC[C@@H]4[C@@H]3C[C@H](OC(=O)CN(C)CCOc3ccc(/C(=C(/CC)c5ccccc5)c5ccccc5)cc3)[C@]3(C)[C@@H]([C@H](C)CCC(=O)O)CC[C@@H]43)C2)cc1)c1ccccc1. The summed E-state index contributed by atoms with van der Waals surface area (Å²) in [6.07, 6.45) is 9.82. The zero-order chi connectivity index (χ0) is 61.8. The molecule has 10 nitrogen and oxygen atoms in total. The molecule has 0 unspecified atom stereocenters. The normalized spacial score (nSPS) is 24.9. The van der Waals surface area contributed by atoms with Gasteiger partial charge >= 0.3 is 17.9 Å². The average Bonchev–Trinajstić information content (AvgIpc) is 1.41. The van der Waals surface area contributed by atoms with Crippen LogP contribution in [0.5, 0.6) is 11.5 Å². The van der Waals surface area contributed by atoms with E-state index < -0.39 is 5.97 Å². The molecule has 0 amide bonds. The third-order valence-electron chi connectivity index (χ3n) is 21.1. The monoisotopic (exact) mass is 1190 g/mol. The van der Waals surface area contributed by atoms with Gasteiger partial charge in [0.2, 0.25) is 0 Å². The second-order valence-corrected chi connectivity index (χ2v) is 26.3. The van der Waals surface area contributed by atoms with Gasteiger partial charge in [0.15, 0.2) is 0 Å². The predicted molar refractivity (Wildman–Crippen MR) is 353 cm³/mol. The van der Waals surface area contributed by atoms with Gasteiger partial charge in [-0.2, -0.15) is 0 Å². The second-order valence-electron chi connectivity index (χ2n) is 26.3. The predicted octanol–water partition coefficient (Wildman–Crippen LogP) is 16.3. The fourth-order valence-electron chi connectivity index (χ4n) is 16.6. The maximum Gasteiger partial charge on any atom is 0.320 e. The lowest BCUT2D eigenvalue weighted by Gasteiger charge is -2.62. The van der Waals surface area contributed by atoms with Crippen molar-refractivity contribution in [3.05, 3.63) is 203 Å². The smallest absolute Gasteiger partial charge is 0.320 e. The molecule has 1 N–H and O–H groups in total. The lowest BCUT2D eigenvalue weighted by molar-refractivity contribution is -0.199. The number of likely N-dealkylation sites (N-methyl/N-ethyl adjacent to an activating group) is 2. The molecule has 88 heavy (non-hydrogen) atoms. The number of esters is 2. The molecular weight excluding hydrogens is 1090 g/mol. The van der Waals surface area contributed by atoms with E-state index >= 15 is 0 Å². The number of carbonyl (C=O) groups is 3. The molecule has 0 spiro atoms. The number of carboxylic acids is 1. The van der Waals surface area contributed by atoms with Crippen LogP contribution in [0.25, 0.3) is 22.3 Å². The summed E-state index contributed by atoms with van der Waals surface area (Å²) in [6.45, 7) is 13.8. The number of fused-ring (bicyclic) bond motifs is 5. The fourth-order valence-corrected chi connectivity index (χ4v) is 16.6. The highest BCUT2D eigenvalue weighted by Crippen LogP contribution is 2.69. The summed E-state index contributed by atoms with van der Waals surface area (Å²) in [5, 5.41) is 9.74. The topological polar surface area (TPSA) is 115 Å². The Labute approximate surface area is 524 Å². The van der Waals surface area contributed by atoms with Gasteiger partial charge in [0.25, 0.3) is 0 Å². The number of nitrogens with zero attached hydrogens (tertiary/aromatic N) is 2. The minimum absolute atomic E-state index is 0.0165. The van der Waals surface area contributed by atoms with Crippen molar-refractivity contribution in [3.63, 3.8) is 0 Å². The highest BCUT2D eigenvalue weighted by Gasteiger charge is 2.65. The van der Waals surface area contributed by atoms with Gasteiger partial charge in [-0.3, -0.25) is 24.2 Å². The largest absolute Gasteiger partial charge is 0.492 e. The molecule has 10 heteroatoms. The number of hydrogen-bond acceptors (Lipinski definition) is 9. The molecule has 0 aromatic heterocycles. The Kier molecular flexibility index (Phi) is 21.3. The molecule has 0 aliphatic heterocycles. The number of carbonyl (C=O) groups excluding carboxylic acids is 2. The molecule has 6 aromatic rings. The zero-order valence-corrected chi connectivity index (χ0v) is 53.2. The summed E-state index contributed by atoms with van der Waals surface area (Å²) >= 11 is 0. The molecule has 0 bridgehead atoms. The number of carboxylic acid groups (broad SMARTS) is 1. The second kappa shape index (κ2) is 29.4. The van der Waals surface area contributed by atoms with Crippen LogP contribution in [-0.2, 0) is 23.9 Å². The fraction of sp³-hybridized carbons (Fsp3) is 0.449. The van der Waals surface area contributed by atoms with E-state index in [0.717, 1.165) is 86.8 Å². The number of benzene rings is 6. The van der Waals surface area contributed by atoms with E-state index in [1.165, 1.54) is 44.5 Å². The summed E-state index contributed by atoms with van der Waals surface area (Å²) in [5.74, 6) is 2.45. The minimum atomic E-state index is -0.764. The molecule has 10 rings (SSSR count). The van der Waals surface area contributed by atoms with E-state index in [0.29, 0.717) is 56.4 Å². The van der Waals surface area contributed by atoms with E-state index in [9.17, 15) is 19.5 Å². The summed E-state index contributed by atoms with van der Waals surface area (Å²) in [5.41, 5.74) is 11.8. The third kappa shape index (κ3) is 14.7. The van der Waals surface area contributed by atoms with Crippen LogP contribution in [0.3, 0.4) is 0 Å². The first-order chi connectivity index (χ1) is 42.7.